The van der Waals surface area contributed by atoms with Crippen molar-refractivity contribution in [1.82, 2.24) is 9.78 Å². The van der Waals surface area contributed by atoms with E-state index in [0.717, 1.165) is 11.4 Å². The minimum Gasteiger partial charge on any atom is -0.497 e. The van der Waals surface area contributed by atoms with Gasteiger partial charge < -0.3 is 4.74 Å². The van der Waals surface area contributed by atoms with Gasteiger partial charge in [-0.25, -0.2) is 4.68 Å². The van der Waals surface area contributed by atoms with E-state index >= 15 is 0 Å². The van der Waals surface area contributed by atoms with E-state index in [1.165, 1.54) is 0 Å². The van der Waals surface area contributed by atoms with Gasteiger partial charge >= 0.3 is 0 Å². The van der Waals surface area contributed by atoms with Crippen molar-refractivity contribution in [3.63, 3.8) is 0 Å². The van der Waals surface area contributed by atoms with Crippen LogP contribution in [0, 0.1) is 25.2 Å². The van der Waals surface area contributed by atoms with Crippen molar-refractivity contribution in [2.24, 2.45) is 0 Å². The molecule has 1 heterocycles. The molecule has 2 rings (SSSR count). The molecular weight excluding hydrogens is 250 g/mol. The third-order valence-corrected chi connectivity index (χ3v) is 3.30. The van der Waals surface area contributed by atoms with Gasteiger partial charge in [0.05, 0.1) is 34.8 Å². The van der Waals surface area contributed by atoms with E-state index in [2.05, 4.69) is 11.2 Å². The molecule has 4 nitrogen and oxygen atoms in total. The summed E-state index contributed by atoms with van der Waals surface area (Å²) < 4.78 is 6.83. The molecule has 0 saturated carbocycles. The van der Waals surface area contributed by atoms with Gasteiger partial charge in [-0.3, -0.25) is 0 Å². The van der Waals surface area contributed by atoms with Crippen molar-refractivity contribution in [1.29, 1.82) is 5.26 Å². The normalized spacial score (nSPS) is 10.2. The van der Waals surface area contributed by atoms with Crippen LogP contribution in [0.25, 0.3) is 5.69 Å². The molecule has 0 aliphatic rings. The number of methoxy groups -OCH3 is 1. The predicted molar refractivity (Wildman–Crippen MR) is 69.3 cm³/mol. The molecule has 18 heavy (non-hydrogen) atoms. The lowest BCUT2D eigenvalue weighted by Crippen LogP contribution is -2.02. The van der Waals surface area contributed by atoms with Crippen LogP contribution >= 0.6 is 11.6 Å². The molecule has 1 aromatic heterocycles. The van der Waals surface area contributed by atoms with Crippen LogP contribution in [0.2, 0.25) is 5.02 Å². The molecule has 1 aromatic carbocycles. The van der Waals surface area contributed by atoms with Crippen molar-refractivity contribution in [3.05, 3.63) is 40.2 Å². The SMILES string of the molecule is COc1ccc(C#N)c(-n2nc(C)c(Cl)c2C)c1. The maximum atomic E-state index is 9.15. The van der Waals surface area contributed by atoms with Crippen LogP contribution in [-0.2, 0) is 0 Å². The largest absolute Gasteiger partial charge is 0.497 e. The first-order valence-electron chi connectivity index (χ1n) is 5.38. The van der Waals surface area contributed by atoms with Crippen molar-refractivity contribution in [3.8, 4) is 17.5 Å². The highest BCUT2D eigenvalue weighted by molar-refractivity contribution is 6.31. The van der Waals surface area contributed by atoms with Crippen LogP contribution in [-0.4, -0.2) is 16.9 Å². The fraction of sp³-hybridized carbons (Fsp3) is 0.231. The molecule has 0 unspecified atom stereocenters. The van der Waals surface area contributed by atoms with Gasteiger partial charge in [0.15, 0.2) is 0 Å². The summed E-state index contributed by atoms with van der Waals surface area (Å²) in [5, 5.41) is 14.1. The van der Waals surface area contributed by atoms with Crippen molar-refractivity contribution in [2.45, 2.75) is 13.8 Å². The summed E-state index contributed by atoms with van der Waals surface area (Å²) in [6.07, 6.45) is 0. The number of nitrogens with zero attached hydrogens (tertiary/aromatic N) is 3. The molecule has 2 aromatic rings. The monoisotopic (exact) mass is 261 g/mol. The summed E-state index contributed by atoms with van der Waals surface area (Å²) in [5.41, 5.74) is 2.74. The highest BCUT2D eigenvalue weighted by Crippen LogP contribution is 2.26. The van der Waals surface area contributed by atoms with Gasteiger partial charge in [0.25, 0.3) is 0 Å². The molecule has 5 heteroatoms. The average molecular weight is 262 g/mol. The molecule has 0 spiro atoms. The van der Waals surface area contributed by atoms with E-state index in [-0.39, 0.29) is 0 Å². The Morgan fingerprint density at radius 3 is 2.61 bits per heavy atom. The minimum absolute atomic E-state index is 0.526. The Labute approximate surface area is 110 Å². The lowest BCUT2D eigenvalue weighted by atomic mass is 10.2. The zero-order valence-electron chi connectivity index (χ0n) is 10.4. The number of rotatable bonds is 2. The molecule has 0 bridgehead atoms. The van der Waals surface area contributed by atoms with Crippen LogP contribution in [0.15, 0.2) is 18.2 Å². The Balaban J connectivity index is 2.69. The summed E-state index contributed by atoms with van der Waals surface area (Å²) in [7, 11) is 1.58. The summed E-state index contributed by atoms with van der Waals surface area (Å²) >= 11 is 6.12. The molecule has 0 N–H and O–H groups in total. The van der Waals surface area contributed by atoms with Gasteiger partial charge in [-0.2, -0.15) is 10.4 Å². The second-order valence-electron chi connectivity index (χ2n) is 3.89. The topological polar surface area (TPSA) is 50.8 Å². The third kappa shape index (κ3) is 1.93. The van der Waals surface area contributed by atoms with E-state index in [1.54, 1.807) is 30.0 Å². The Kier molecular flexibility index (Phi) is 3.26. The molecule has 0 aliphatic heterocycles. The molecule has 0 saturated heterocycles. The van der Waals surface area contributed by atoms with Crippen LogP contribution in [0.3, 0.4) is 0 Å². The van der Waals surface area contributed by atoms with Gasteiger partial charge in [-0.1, -0.05) is 11.6 Å². The highest BCUT2D eigenvalue weighted by atomic mass is 35.5. The summed E-state index contributed by atoms with van der Waals surface area (Å²) in [6, 6.07) is 7.37. The molecule has 0 aliphatic carbocycles. The summed E-state index contributed by atoms with van der Waals surface area (Å²) in [6.45, 7) is 3.70. The Morgan fingerprint density at radius 2 is 2.11 bits per heavy atom. The first kappa shape index (κ1) is 12.5. The zero-order chi connectivity index (χ0) is 13.3. The molecule has 0 fully saturated rings. The van der Waals surface area contributed by atoms with E-state index < -0.39 is 0 Å². The first-order chi connectivity index (χ1) is 8.58. The number of hydrogen-bond donors (Lipinski definition) is 0. The zero-order valence-corrected chi connectivity index (χ0v) is 11.1. The highest BCUT2D eigenvalue weighted by Gasteiger charge is 2.14. The number of aryl methyl sites for hydroxylation is 1. The molecular formula is C13H12ClN3O. The van der Waals surface area contributed by atoms with Gasteiger partial charge in [-0.15, -0.1) is 0 Å². The number of ether oxygens (including phenoxy) is 1. The van der Waals surface area contributed by atoms with Crippen LogP contribution < -0.4 is 4.74 Å². The fourth-order valence-corrected chi connectivity index (χ4v) is 1.88. The maximum absolute atomic E-state index is 9.15. The number of hydrogen-bond acceptors (Lipinski definition) is 3. The van der Waals surface area contributed by atoms with Gasteiger partial charge in [0, 0.05) is 6.07 Å². The van der Waals surface area contributed by atoms with Gasteiger partial charge in [-0.05, 0) is 26.0 Å². The van der Waals surface area contributed by atoms with Crippen LogP contribution in [0.5, 0.6) is 5.75 Å². The quantitative estimate of drug-likeness (QED) is 0.835. The van der Waals surface area contributed by atoms with E-state index in [4.69, 9.17) is 21.6 Å². The second kappa shape index (κ2) is 4.71. The predicted octanol–water partition coefficient (Wildman–Crippen LogP) is 3.02. The van der Waals surface area contributed by atoms with E-state index in [1.807, 2.05) is 13.8 Å². The number of nitriles is 1. The van der Waals surface area contributed by atoms with Crippen molar-refractivity contribution < 1.29 is 4.74 Å². The second-order valence-corrected chi connectivity index (χ2v) is 4.27. The standard InChI is InChI=1S/C13H12ClN3O/c1-8-13(14)9(2)17(16-8)12-6-11(18-3)5-4-10(12)7-15/h4-6H,1-3H3. The van der Waals surface area contributed by atoms with E-state index in [9.17, 15) is 0 Å². The number of aromatic nitrogens is 2. The number of halogens is 1. The van der Waals surface area contributed by atoms with Crippen LogP contribution in [0.4, 0.5) is 0 Å². The lowest BCUT2D eigenvalue weighted by Gasteiger charge is -2.08. The lowest BCUT2D eigenvalue weighted by molar-refractivity contribution is 0.414. The summed E-state index contributed by atoms with van der Waals surface area (Å²) in [5.74, 6) is 0.674. The van der Waals surface area contributed by atoms with Crippen LogP contribution in [0.1, 0.15) is 17.0 Å². The molecule has 0 amide bonds. The fourth-order valence-electron chi connectivity index (χ4n) is 1.77. The average Bonchev–Trinajstić information content (AvgIpc) is 2.65. The van der Waals surface area contributed by atoms with Crippen molar-refractivity contribution in [2.75, 3.05) is 7.11 Å². The molecule has 0 atom stereocenters. The Morgan fingerprint density at radius 1 is 1.39 bits per heavy atom. The first-order valence-corrected chi connectivity index (χ1v) is 5.76. The summed E-state index contributed by atoms with van der Waals surface area (Å²) in [4.78, 5) is 0. The smallest absolute Gasteiger partial charge is 0.121 e. The number of benzene rings is 1. The Hall–Kier alpha value is -1.99. The van der Waals surface area contributed by atoms with Crippen molar-refractivity contribution >= 4 is 11.6 Å². The van der Waals surface area contributed by atoms with Gasteiger partial charge in [0.1, 0.15) is 11.8 Å². The Bertz CT molecular complexity index is 640. The molecule has 92 valence electrons. The van der Waals surface area contributed by atoms with E-state index in [0.29, 0.717) is 22.0 Å². The minimum atomic E-state index is 0.526. The van der Waals surface area contributed by atoms with Gasteiger partial charge in [0.2, 0.25) is 0 Å². The molecule has 0 radical (unpaired) electrons. The maximum Gasteiger partial charge on any atom is 0.121 e. The third-order valence-electron chi connectivity index (χ3n) is 2.76.